The molecule has 0 aliphatic heterocycles. The lowest BCUT2D eigenvalue weighted by Crippen LogP contribution is -2.36. The van der Waals surface area contributed by atoms with Crippen LogP contribution in [0.1, 0.15) is 42.5 Å². The van der Waals surface area contributed by atoms with Gasteiger partial charge in [-0.25, -0.2) is 0 Å². The molecule has 5 nitrogen and oxygen atoms in total. The first-order valence-electron chi connectivity index (χ1n) is 8.80. The highest BCUT2D eigenvalue weighted by Gasteiger charge is 2.16. The van der Waals surface area contributed by atoms with Gasteiger partial charge in [-0.2, -0.15) is 11.8 Å². The Morgan fingerprint density at radius 1 is 1.19 bits per heavy atom. The molecule has 0 atom stereocenters. The minimum atomic E-state index is -0.345. The van der Waals surface area contributed by atoms with Crippen molar-refractivity contribution in [2.75, 3.05) is 12.3 Å². The maximum atomic E-state index is 12.6. The topological polar surface area (TPSA) is 71.3 Å². The Bertz CT molecular complexity index is 805. The summed E-state index contributed by atoms with van der Waals surface area (Å²) >= 11 is 1.76. The zero-order chi connectivity index (χ0) is 19.9. The monoisotopic (exact) mass is 386 g/mol. The first-order chi connectivity index (χ1) is 12.7. The summed E-state index contributed by atoms with van der Waals surface area (Å²) in [5.74, 6) is 0.598. The molecule has 27 heavy (non-hydrogen) atoms. The van der Waals surface area contributed by atoms with Crippen LogP contribution in [0, 0.1) is 6.92 Å². The molecule has 0 bridgehead atoms. The van der Waals surface area contributed by atoms with Crippen LogP contribution in [-0.2, 0) is 4.79 Å². The van der Waals surface area contributed by atoms with E-state index in [2.05, 4.69) is 31.4 Å². The van der Waals surface area contributed by atoms with Gasteiger partial charge in [-0.3, -0.25) is 9.59 Å². The van der Waals surface area contributed by atoms with Crippen molar-refractivity contribution in [2.45, 2.75) is 32.4 Å². The Kier molecular flexibility index (Phi) is 7.30. The molecule has 1 aromatic carbocycles. The predicted molar refractivity (Wildman–Crippen MR) is 111 cm³/mol. The van der Waals surface area contributed by atoms with Crippen LogP contribution in [0.2, 0.25) is 0 Å². The van der Waals surface area contributed by atoms with E-state index in [1.54, 1.807) is 36.0 Å². The van der Waals surface area contributed by atoms with Gasteiger partial charge in [0.2, 0.25) is 0 Å². The summed E-state index contributed by atoms with van der Waals surface area (Å²) < 4.78 is 5.41. The highest BCUT2D eigenvalue weighted by molar-refractivity contribution is 8.00. The Morgan fingerprint density at radius 3 is 2.59 bits per heavy atom. The second kappa shape index (κ2) is 9.46. The fourth-order valence-electron chi connectivity index (χ4n) is 2.27. The predicted octanol–water partition coefficient (Wildman–Crippen LogP) is 4.01. The van der Waals surface area contributed by atoms with Gasteiger partial charge >= 0.3 is 0 Å². The van der Waals surface area contributed by atoms with Crippen molar-refractivity contribution < 1.29 is 14.0 Å². The fraction of sp³-hybridized carbons (Fsp3) is 0.333. The van der Waals surface area contributed by atoms with Crippen LogP contribution in [0.4, 0.5) is 0 Å². The maximum absolute atomic E-state index is 12.6. The Hall–Kier alpha value is -2.47. The number of furan rings is 1. The lowest BCUT2D eigenvalue weighted by Gasteiger charge is -2.17. The van der Waals surface area contributed by atoms with E-state index in [0.29, 0.717) is 17.9 Å². The van der Waals surface area contributed by atoms with Crippen LogP contribution in [0.25, 0.3) is 6.08 Å². The molecule has 0 aliphatic carbocycles. The van der Waals surface area contributed by atoms with Crippen LogP contribution in [0.5, 0.6) is 0 Å². The average molecular weight is 387 g/mol. The highest BCUT2D eigenvalue weighted by atomic mass is 32.2. The Morgan fingerprint density at radius 2 is 1.96 bits per heavy atom. The van der Waals surface area contributed by atoms with Crippen LogP contribution in [0.3, 0.4) is 0 Å². The lowest BCUT2D eigenvalue weighted by atomic mass is 10.1. The summed E-state index contributed by atoms with van der Waals surface area (Å²) in [6, 6.07) is 10.7. The van der Waals surface area contributed by atoms with Crippen molar-refractivity contribution in [1.82, 2.24) is 10.6 Å². The molecule has 6 heteroatoms. The molecule has 0 saturated heterocycles. The molecular formula is C21H26N2O3S. The first kappa shape index (κ1) is 20.8. The molecule has 0 saturated carbocycles. The first-order valence-corrected chi connectivity index (χ1v) is 9.78. The van der Waals surface area contributed by atoms with Gasteiger partial charge in [0.25, 0.3) is 11.8 Å². The normalized spacial score (nSPS) is 11.9. The molecule has 1 heterocycles. The van der Waals surface area contributed by atoms with Crippen molar-refractivity contribution in [3.8, 4) is 0 Å². The van der Waals surface area contributed by atoms with Crippen molar-refractivity contribution in [2.24, 2.45) is 0 Å². The van der Waals surface area contributed by atoms with E-state index < -0.39 is 0 Å². The molecule has 0 aliphatic rings. The second-order valence-corrected chi connectivity index (χ2v) is 9.04. The zero-order valence-electron chi connectivity index (χ0n) is 16.2. The SMILES string of the molecule is Cc1cccc(C(=O)N/C(=C\c2ccco2)C(=O)NCCSC(C)(C)C)c1. The van der Waals surface area contributed by atoms with Gasteiger partial charge in [-0.15, -0.1) is 0 Å². The summed E-state index contributed by atoms with van der Waals surface area (Å²) in [6.45, 7) is 8.81. The van der Waals surface area contributed by atoms with Gasteiger partial charge < -0.3 is 15.1 Å². The van der Waals surface area contributed by atoms with Crippen molar-refractivity contribution >= 4 is 29.7 Å². The molecule has 2 aromatic rings. The fourth-order valence-corrected chi connectivity index (χ4v) is 3.09. The number of aryl methyl sites for hydroxylation is 1. The average Bonchev–Trinajstić information content (AvgIpc) is 3.10. The number of carbonyl (C=O) groups is 2. The minimum absolute atomic E-state index is 0.136. The summed E-state index contributed by atoms with van der Waals surface area (Å²) in [4.78, 5) is 25.1. The van der Waals surface area contributed by atoms with Crippen molar-refractivity contribution in [1.29, 1.82) is 0 Å². The largest absolute Gasteiger partial charge is 0.465 e. The number of rotatable bonds is 7. The third-order valence-electron chi connectivity index (χ3n) is 3.53. The molecule has 2 N–H and O–H groups in total. The summed E-state index contributed by atoms with van der Waals surface area (Å²) in [7, 11) is 0. The number of benzene rings is 1. The van der Waals surface area contributed by atoms with Gasteiger partial charge in [0, 0.05) is 28.7 Å². The maximum Gasteiger partial charge on any atom is 0.267 e. The lowest BCUT2D eigenvalue weighted by molar-refractivity contribution is -0.117. The van der Waals surface area contributed by atoms with E-state index in [1.165, 1.54) is 12.3 Å². The number of hydrogen-bond donors (Lipinski definition) is 2. The van der Waals surface area contributed by atoms with Crippen LogP contribution in [-0.4, -0.2) is 28.9 Å². The van der Waals surface area contributed by atoms with E-state index in [4.69, 9.17) is 4.42 Å². The van der Waals surface area contributed by atoms with Crippen molar-refractivity contribution in [3.05, 3.63) is 65.2 Å². The van der Waals surface area contributed by atoms with Gasteiger partial charge in [-0.05, 0) is 31.2 Å². The number of thioether (sulfide) groups is 1. The Labute approximate surface area is 164 Å². The second-order valence-electron chi connectivity index (χ2n) is 7.11. The van der Waals surface area contributed by atoms with E-state index in [-0.39, 0.29) is 22.3 Å². The van der Waals surface area contributed by atoms with E-state index in [9.17, 15) is 9.59 Å². The molecular weight excluding hydrogens is 360 g/mol. The highest BCUT2D eigenvalue weighted by Crippen LogP contribution is 2.22. The Balaban J connectivity index is 2.07. The molecule has 2 rings (SSSR count). The number of amides is 2. The van der Waals surface area contributed by atoms with Crippen LogP contribution in [0.15, 0.2) is 52.8 Å². The molecule has 144 valence electrons. The van der Waals surface area contributed by atoms with Gasteiger partial charge in [0.1, 0.15) is 11.5 Å². The van der Waals surface area contributed by atoms with Gasteiger partial charge in [-0.1, -0.05) is 38.5 Å². The summed E-state index contributed by atoms with van der Waals surface area (Å²) in [5.41, 5.74) is 1.62. The van der Waals surface area contributed by atoms with Gasteiger partial charge in [0.15, 0.2) is 0 Å². The molecule has 0 unspecified atom stereocenters. The van der Waals surface area contributed by atoms with Crippen LogP contribution >= 0.6 is 11.8 Å². The smallest absolute Gasteiger partial charge is 0.267 e. The summed E-state index contributed by atoms with van der Waals surface area (Å²) in [5, 5.41) is 5.55. The quantitative estimate of drug-likeness (QED) is 0.557. The molecule has 2 amide bonds. The van der Waals surface area contributed by atoms with E-state index in [0.717, 1.165) is 11.3 Å². The third kappa shape index (κ3) is 7.35. The zero-order valence-corrected chi connectivity index (χ0v) is 17.0. The third-order valence-corrected chi connectivity index (χ3v) is 4.80. The number of hydrogen-bond acceptors (Lipinski definition) is 4. The standard InChI is InChI=1S/C21H26N2O3S/c1-15-7-5-8-16(13-15)19(24)23-18(14-17-9-6-11-26-17)20(25)22-10-12-27-21(2,3)4/h5-9,11,13-14H,10,12H2,1-4H3,(H,22,25)(H,23,24)/b18-14-. The number of nitrogens with one attached hydrogen (secondary N) is 2. The van der Waals surface area contributed by atoms with Crippen LogP contribution < -0.4 is 10.6 Å². The number of carbonyl (C=O) groups excluding carboxylic acids is 2. The van der Waals surface area contributed by atoms with Crippen molar-refractivity contribution in [3.63, 3.8) is 0 Å². The molecule has 0 fully saturated rings. The van der Waals surface area contributed by atoms with Gasteiger partial charge in [0.05, 0.1) is 6.26 Å². The molecule has 0 spiro atoms. The molecule has 0 radical (unpaired) electrons. The minimum Gasteiger partial charge on any atom is -0.465 e. The van der Waals surface area contributed by atoms with E-state index >= 15 is 0 Å². The van der Waals surface area contributed by atoms with E-state index in [1.807, 2.05) is 19.1 Å². The summed E-state index contributed by atoms with van der Waals surface area (Å²) in [6.07, 6.45) is 3.05. The molecule has 1 aromatic heterocycles.